The zero-order chi connectivity index (χ0) is 16.1. The fourth-order valence-corrected chi connectivity index (χ4v) is 0.282. The largest absolute Gasteiger partial charge is 0.300 e. The molecule has 0 aromatic rings. The Morgan fingerprint density at radius 2 is 1.58 bits per heavy atom. The van der Waals surface area contributed by atoms with Gasteiger partial charge in [-0.3, -0.25) is 11.3 Å². The molecule has 112 valence electrons. The fourth-order valence-electron chi connectivity index (χ4n) is 0.282. The Labute approximate surface area is 117 Å². The van der Waals surface area contributed by atoms with Crippen LogP contribution in [0.15, 0.2) is 10.2 Å². The quantitative estimate of drug-likeness (QED) is 0.467. The van der Waals surface area contributed by atoms with E-state index in [1.165, 1.54) is 13.8 Å². The van der Waals surface area contributed by atoms with Gasteiger partial charge in [0.1, 0.15) is 5.78 Å². The maximum atomic E-state index is 9.44. The van der Waals surface area contributed by atoms with E-state index in [0.29, 0.717) is 6.04 Å². The van der Waals surface area contributed by atoms with Gasteiger partial charge in [-0.15, -0.1) is 0 Å². The predicted octanol–water partition coefficient (Wildman–Crippen LogP) is 2.60. The zero-order valence-corrected chi connectivity index (χ0v) is 13.5. The first-order valence-corrected chi connectivity index (χ1v) is 6.25. The zero-order valence-electron chi connectivity index (χ0n) is 13.5. The molecule has 6 nitrogen and oxygen atoms in total. The number of Topliss-reactive ketones (excluding diaryl/α,β-unsaturated/α-hetero) is 1. The molecular formula is C13H29N5O. The lowest BCUT2D eigenvalue weighted by molar-refractivity contribution is -0.114. The number of azo groups is 1. The molecule has 6 heteroatoms. The molecule has 0 radical (unpaired) electrons. The SMILES string of the molecule is CC(C)=O.CC(C)N=NC(C)(C)C#N.CC(C)NN. The van der Waals surface area contributed by atoms with Crippen LogP contribution < -0.4 is 11.3 Å². The van der Waals surface area contributed by atoms with Crippen molar-refractivity contribution >= 4 is 5.78 Å². The summed E-state index contributed by atoms with van der Waals surface area (Å²) >= 11 is 0. The lowest BCUT2D eigenvalue weighted by atomic mass is 10.1. The first-order chi connectivity index (χ1) is 8.48. The molecule has 0 aromatic heterocycles. The molecule has 0 fully saturated rings. The van der Waals surface area contributed by atoms with Gasteiger partial charge in [0.25, 0.3) is 0 Å². The Morgan fingerprint density at radius 3 is 1.74 bits per heavy atom. The van der Waals surface area contributed by atoms with Gasteiger partial charge in [-0.2, -0.15) is 15.5 Å². The van der Waals surface area contributed by atoms with Crippen molar-refractivity contribution in [1.29, 1.82) is 5.26 Å². The molecule has 0 saturated heterocycles. The van der Waals surface area contributed by atoms with Crippen LogP contribution in [0.3, 0.4) is 0 Å². The number of carbonyl (C=O) groups excluding carboxylic acids is 1. The Hall–Kier alpha value is -1.32. The summed E-state index contributed by atoms with van der Waals surface area (Å²) in [5.41, 5.74) is 1.87. The van der Waals surface area contributed by atoms with Gasteiger partial charge in [-0.1, -0.05) is 0 Å². The fraction of sp³-hybridized carbons (Fsp3) is 0.846. The summed E-state index contributed by atoms with van der Waals surface area (Å²) in [5.74, 6) is 5.09. The van der Waals surface area contributed by atoms with Crippen molar-refractivity contribution in [2.75, 3.05) is 0 Å². The number of hydrazine groups is 1. The van der Waals surface area contributed by atoms with Crippen LogP contribution in [-0.2, 0) is 4.79 Å². The third-order valence-electron chi connectivity index (χ3n) is 1.15. The molecule has 0 atom stereocenters. The van der Waals surface area contributed by atoms with Gasteiger partial charge in [-0.05, 0) is 55.4 Å². The first kappa shape index (κ1) is 22.8. The molecule has 0 unspecified atom stereocenters. The lowest BCUT2D eigenvalue weighted by Crippen LogP contribution is -2.29. The van der Waals surface area contributed by atoms with Crippen molar-refractivity contribution in [1.82, 2.24) is 5.43 Å². The molecule has 0 spiro atoms. The van der Waals surface area contributed by atoms with E-state index in [1.807, 2.05) is 33.8 Å². The number of nitrogens with two attached hydrogens (primary N) is 1. The third kappa shape index (κ3) is 38.4. The number of ketones is 1. The second-order valence-corrected chi connectivity index (χ2v) is 5.21. The summed E-state index contributed by atoms with van der Waals surface area (Å²) in [4.78, 5) is 9.44. The van der Waals surface area contributed by atoms with Crippen LogP contribution in [0.25, 0.3) is 0 Å². The Morgan fingerprint density at radius 1 is 1.26 bits per heavy atom. The highest BCUT2D eigenvalue weighted by Crippen LogP contribution is 2.07. The van der Waals surface area contributed by atoms with Crippen molar-refractivity contribution in [3.05, 3.63) is 0 Å². The molecule has 0 heterocycles. The lowest BCUT2D eigenvalue weighted by Gasteiger charge is -2.06. The average Bonchev–Trinajstić information content (AvgIpc) is 2.26. The molecule has 0 rings (SSSR count). The molecule has 0 aliphatic carbocycles. The summed E-state index contributed by atoms with van der Waals surface area (Å²) in [5, 5.41) is 16.2. The van der Waals surface area contributed by atoms with Crippen molar-refractivity contribution in [2.45, 2.75) is 73.0 Å². The van der Waals surface area contributed by atoms with E-state index in [2.05, 4.69) is 15.7 Å². The molecule has 0 aliphatic heterocycles. The molecule has 0 saturated carbocycles. The Kier molecular flexibility index (Phi) is 15.8. The van der Waals surface area contributed by atoms with Gasteiger partial charge in [0.05, 0.1) is 12.1 Å². The van der Waals surface area contributed by atoms with Crippen molar-refractivity contribution in [3.8, 4) is 6.07 Å². The van der Waals surface area contributed by atoms with Gasteiger partial charge in [0.2, 0.25) is 0 Å². The number of nitrogens with zero attached hydrogens (tertiary/aromatic N) is 3. The number of nitriles is 1. The summed E-state index contributed by atoms with van der Waals surface area (Å²) in [7, 11) is 0. The summed E-state index contributed by atoms with van der Waals surface area (Å²) in [6.45, 7) is 14.4. The molecule has 19 heavy (non-hydrogen) atoms. The van der Waals surface area contributed by atoms with Gasteiger partial charge in [-0.25, -0.2) is 0 Å². The number of nitrogens with one attached hydrogen (secondary N) is 1. The first-order valence-electron chi connectivity index (χ1n) is 6.25. The second kappa shape index (κ2) is 13.1. The molecular weight excluding hydrogens is 242 g/mol. The van der Waals surface area contributed by atoms with E-state index in [0.717, 1.165) is 0 Å². The van der Waals surface area contributed by atoms with E-state index in [-0.39, 0.29) is 11.8 Å². The third-order valence-corrected chi connectivity index (χ3v) is 1.15. The van der Waals surface area contributed by atoms with Gasteiger partial charge in [0.15, 0.2) is 5.54 Å². The van der Waals surface area contributed by atoms with Gasteiger partial charge >= 0.3 is 0 Å². The maximum absolute atomic E-state index is 9.44. The van der Waals surface area contributed by atoms with Gasteiger partial charge < -0.3 is 4.79 Å². The maximum Gasteiger partial charge on any atom is 0.161 e. The average molecular weight is 271 g/mol. The standard InChI is InChI=1S/C7H13N3.C3H10N2.C3H6O/c1-6(2)9-10-7(3,4)5-8;1-3(2)5-4;1-3(2)4/h6H,1-4H3;3,5H,4H2,1-2H3;1-2H3. The minimum Gasteiger partial charge on any atom is -0.300 e. The van der Waals surface area contributed by atoms with Crippen molar-refractivity contribution in [3.63, 3.8) is 0 Å². The normalized spacial score (nSPS) is 10.4. The highest BCUT2D eigenvalue weighted by Gasteiger charge is 2.13. The number of hydrogen-bond donors (Lipinski definition) is 2. The van der Waals surface area contributed by atoms with Crippen LogP contribution in [0, 0.1) is 11.3 Å². The number of rotatable bonds is 3. The minimum absolute atomic E-state index is 0.167. The monoisotopic (exact) mass is 271 g/mol. The van der Waals surface area contributed by atoms with E-state index in [4.69, 9.17) is 11.1 Å². The highest BCUT2D eigenvalue weighted by atomic mass is 16.1. The van der Waals surface area contributed by atoms with Crippen molar-refractivity contribution < 1.29 is 4.79 Å². The minimum atomic E-state index is -0.662. The molecule has 0 bridgehead atoms. The van der Waals surface area contributed by atoms with Crippen LogP contribution in [0.5, 0.6) is 0 Å². The smallest absolute Gasteiger partial charge is 0.161 e. The summed E-state index contributed by atoms with van der Waals surface area (Å²) in [6.07, 6.45) is 0. The topological polar surface area (TPSA) is 104 Å². The van der Waals surface area contributed by atoms with Crippen LogP contribution in [0.1, 0.15) is 55.4 Å². The van der Waals surface area contributed by atoms with Crippen LogP contribution in [-0.4, -0.2) is 23.4 Å². The highest BCUT2D eigenvalue weighted by molar-refractivity contribution is 5.72. The number of hydrogen-bond acceptors (Lipinski definition) is 6. The molecule has 0 amide bonds. The molecule has 0 aliphatic rings. The number of carbonyl (C=O) groups is 1. The van der Waals surface area contributed by atoms with Crippen molar-refractivity contribution in [2.24, 2.45) is 16.1 Å². The van der Waals surface area contributed by atoms with Crippen LogP contribution in [0.2, 0.25) is 0 Å². The van der Waals surface area contributed by atoms with Gasteiger partial charge in [0, 0.05) is 6.04 Å². The van der Waals surface area contributed by atoms with E-state index < -0.39 is 5.54 Å². The van der Waals surface area contributed by atoms with Crippen LogP contribution in [0.4, 0.5) is 0 Å². The second-order valence-electron chi connectivity index (χ2n) is 5.21. The van der Waals surface area contributed by atoms with E-state index in [9.17, 15) is 4.79 Å². The van der Waals surface area contributed by atoms with E-state index in [1.54, 1.807) is 13.8 Å². The summed E-state index contributed by atoms with van der Waals surface area (Å²) < 4.78 is 0. The predicted molar refractivity (Wildman–Crippen MR) is 78.5 cm³/mol. The molecule has 0 aromatic carbocycles. The van der Waals surface area contributed by atoms with E-state index >= 15 is 0 Å². The Bertz CT molecular complexity index is 286. The molecule has 3 N–H and O–H groups in total. The van der Waals surface area contributed by atoms with Crippen LogP contribution >= 0.6 is 0 Å². The Balaban J connectivity index is -0.000000238. The summed E-state index contributed by atoms with van der Waals surface area (Å²) in [6, 6.07) is 2.62.